The van der Waals surface area contributed by atoms with Crippen LogP contribution in [0.2, 0.25) is 0 Å². The maximum Gasteiger partial charge on any atom is 0.137 e. The molecule has 90 valence electrons. The first-order valence-corrected chi connectivity index (χ1v) is 5.75. The van der Waals surface area contributed by atoms with Crippen LogP contribution in [0.1, 0.15) is 34.1 Å². The van der Waals surface area contributed by atoms with Gasteiger partial charge in [0.05, 0.1) is 13.2 Å². The fraction of sp³-hybridized carbons (Fsp3) is 0.917. The highest BCUT2D eigenvalue weighted by Gasteiger charge is 2.06. The van der Waals surface area contributed by atoms with E-state index in [1.165, 1.54) is 0 Å². The predicted molar refractivity (Wildman–Crippen MR) is 63.0 cm³/mol. The number of ketones is 1. The van der Waals surface area contributed by atoms with Gasteiger partial charge in [0.15, 0.2) is 0 Å². The van der Waals surface area contributed by atoms with Crippen molar-refractivity contribution in [2.75, 3.05) is 26.8 Å². The largest absolute Gasteiger partial charge is 0.380 e. The first-order chi connectivity index (χ1) is 6.95. The summed E-state index contributed by atoms with van der Waals surface area (Å²) in [5, 5.41) is 0. The third-order valence-electron chi connectivity index (χ3n) is 2.61. The number of carbonyl (C=O) groups excluding carboxylic acids is 1. The lowest BCUT2D eigenvalue weighted by Crippen LogP contribution is -2.30. The van der Waals surface area contributed by atoms with Crippen LogP contribution in [0.4, 0.5) is 0 Å². The Morgan fingerprint density at radius 1 is 1.20 bits per heavy atom. The molecule has 3 nitrogen and oxygen atoms in total. The molecule has 0 saturated carbocycles. The summed E-state index contributed by atoms with van der Waals surface area (Å²) in [5.41, 5.74) is 0. The second kappa shape index (κ2) is 7.83. The molecule has 0 aromatic heterocycles. The molecule has 0 spiro atoms. The van der Waals surface area contributed by atoms with E-state index in [1.54, 1.807) is 0 Å². The summed E-state index contributed by atoms with van der Waals surface area (Å²) in [5.74, 6) is 0.416. The van der Waals surface area contributed by atoms with Gasteiger partial charge in [0.2, 0.25) is 0 Å². The number of rotatable bonds is 8. The van der Waals surface area contributed by atoms with E-state index in [0.717, 1.165) is 6.54 Å². The van der Waals surface area contributed by atoms with Crippen molar-refractivity contribution in [3.63, 3.8) is 0 Å². The highest BCUT2D eigenvalue weighted by atomic mass is 16.5. The van der Waals surface area contributed by atoms with Crippen LogP contribution in [0.3, 0.4) is 0 Å². The molecule has 0 N–H and O–H groups in total. The van der Waals surface area contributed by atoms with Crippen molar-refractivity contribution in [1.82, 2.24) is 4.90 Å². The van der Waals surface area contributed by atoms with Crippen molar-refractivity contribution in [2.24, 2.45) is 5.92 Å². The lowest BCUT2D eigenvalue weighted by Gasteiger charge is -2.20. The van der Waals surface area contributed by atoms with Gasteiger partial charge >= 0.3 is 0 Å². The Bertz CT molecular complexity index is 178. The number of hydrogen-bond acceptors (Lipinski definition) is 3. The van der Waals surface area contributed by atoms with Crippen LogP contribution in [-0.4, -0.2) is 43.5 Å². The van der Waals surface area contributed by atoms with E-state index in [4.69, 9.17) is 4.74 Å². The molecule has 0 aromatic carbocycles. The van der Waals surface area contributed by atoms with Crippen molar-refractivity contribution in [1.29, 1.82) is 0 Å². The van der Waals surface area contributed by atoms with Gasteiger partial charge in [-0.3, -0.25) is 4.79 Å². The minimum absolute atomic E-state index is 0.131. The molecule has 0 unspecified atom stereocenters. The molecule has 0 aliphatic heterocycles. The van der Waals surface area contributed by atoms with Crippen LogP contribution >= 0.6 is 0 Å². The summed E-state index contributed by atoms with van der Waals surface area (Å²) < 4.78 is 5.41. The number of carbonyl (C=O) groups is 1. The molecular formula is C12H25NO2. The third kappa shape index (κ3) is 7.51. The highest BCUT2D eigenvalue weighted by molar-refractivity contribution is 5.80. The Morgan fingerprint density at radius 2 is 1.80 bits per heavy atom. The van der Waals surface area contributed by atoms with Gasteiger partial charge in [0.25, 0.3) is 0 Å². The Kier molecular flexibility index (Phi) is 7.61. The van der Waals surface area contributed by atoms with Crippen molar-refractivity contribution in [3.05, 3.63) is 0 Å². The number of Topliss-reactive ketones (excluding diaryl/α,β-unsaturated/α-hetero) is 1. The van der Waals surface area contributed by atoms with Crippen LogP contribution in [-0.2, 0) is 9.53 Å². The Hall–Kier alpha value is -0.410. The maximum atomic E-state index is 11.3. The molecule has 0 rings (SSSR count). The third-order valence-corrected chi connectivity index (χ3v) is 2.61. The van der Waals surface area contributed by atoms with E-state index in [-0.39, 0.29) is 11.7 Å². The number of likely N-dealkylation sites (N-methyl/N-ethyl adjacent to an activating group) is 1. The van der Waals surface area contributed by atoms with Gasteiger partial charge in [-0.15, -0.1) is 0 Å². The molecule has 0 aliphatic rings. The van der Waals surface area contributed by atoms with E-state index >= 15 is 0 Å². The number of hydrogen-bond donors (Lipinski definition) is 0. The van der Waals surface area contributed by atoms with Crippen molar-refractivity contribution >= 4 is 5.78 Å². The Morgan fingerprint density at radius 3 is 2.27 bits per heavy atom. The van der Waals surface area contributed by atoms with Gasteiger partial charge in [-0.05, 0) is 20.9 Å². The molecule has 0 bridgehead atoms. The van der Waals surface area contributed by atoms with Gasteiger partial charge in [-0.2, -0.15) is 0 Å². The first-order valence-electron chi connectivity index (χ1n) is 5.75. The zero-order valence-electron chi connectivity index (χ0n) is 10.7. The van der Waals surface area contributed by atoms with Crippen LogP contribution in [0.5, 0.6) is 0 Å². The molecular weight excluding hydrogens is 190 g/mol. The predicted octanol–water partition coefficient (Wildman–Crippen LogP) is 1.96. The molecule has 0 saturated heterocycles. The molecule has 3 heteroatoms. The number of nitrogens with zero attached hydrogens (tertiary/aromatic N) is 1. The fourth-order valence-corrected chi connectivity index (χ4v) is 1.03. The van der Waals surface area contributed by atoms with Crippen LogP contribution in [0.15, 0.2) is 0 Å². The van der Waals surface area contributed by atoms with Crippen LogP contribution < -0.4 is 0 Å². The normalized spacial score (nSPS) is 11.7. The highest BCUT2D eigenvalue weighted by Crippen LogP contribution is 1.99. The van der Waals surface area contributed by atoms with E-state index in [0.29, 0.717) is 25.7 Å². The summed E-state index contributed by atoms with van der Waals surface area (Å²) in [6, 6.07) is 0.547. The van der Waals surface area contributed by atoms with Crippen LogP contribution in [0, 0.1) is 5.92 Å². The first kappa shape index (κ1) is 14.6. The second-order valence-corrected chi connectivity index (χ2v) is 4.56. The minimum atomic E-state index is 0.131. The SMILES string of the molecule is CC(C)C(=O)CCOCCN(C)C(C)C. The quantitative estimate of drug-likeness (QED) is 0.580. The van der Waals surface area contributed by atoms with Crippen LogP contribution in [0.25, 0.3) is 0 Å². The van der Waals surface area contributed by atoms with E-state index in [2.05, 4.69) is 25.8 Å². The minimum Gasteiger partial charge on any atom is -0.380 e. The number of ether oxygens (including phenoxy) is 1. The summed E-state index contributed by atoms with van der Waals surface area (Å²) >= 11 is 0. The summed E-state index contributed by atoms with van der Waals surface area (Å²) in [6.07, 6.45) is 0.545. The Balaban J connectivity index is 3.36. The molecule has 0 aliphatic carbocycles. The topological polar surface area (TPSA) is 29.5 Å². The van der Waals surface area contributed by atoms with E-state index < -0.39 is 0 Å². The average Bonchev–Trinajstić information content (AvgIpc) is 2.16. The van der Waals surface area contributed by atoms with Gasteiger partial charge in [0.1, 0.15) is 5.78 Å². The zero-order chi connectivity index (χ0) is 11.8. The van der Waals surface area contributed by atoms with Crippen molar-refractivity contribution in [2.45, 2.75) is 40.2 Å². The van der Waals surface area contributed by atoms with Gasteiger partial charge < -0.3 is 9.64 Å². The fourth-order valence-electron chi connectivity index (χ4n) is 1.03. The Labute approximate surface area is 93.8 Å². The standard InChI is InChI=1S/C12H25NO2/c1-10(2)12(14)6-8-15-9-7-13(5)11(3)4/h10-11H,6-9H2,1-5H3. The molecule has 0 radical (unpaired) electrons. The second-order valence-electron chi connectivity index (χ2n) is 4.56. The molecule has 15 heavy (non-hydrogen) atoms. The van der Waals surface area contributed by atoms with Gasteiger partial charge in [-0.25, -0.2) is 0 Å². The lowest BCUT2D eigenvalue weighted by molar-refractivity contribution is -0.123. The maximum absolute atomic E-state index is 11.3. The lowest BCUT2D eigenvalue weighted by atomic mass is 10.1. The summed E-state index contributed by atoms with van der Waals surface area (Å²) in [7, 11) is 2.08. The van der Waals surface area contributed by atoms with E-state index in [1.807, 2.05) is 13.8 Å². The summed E-state index contributed by atoms with van der Waals surface area (Å²) in [4.78, 5) is 13.5. The van der Waals surface area contributed by atoms with Gasteiger partial charge in [-0.1, -0.05) is 13.8 Å². The van der Waals surface area contributed by atoms with Crippen molar-refractivity contribution < 1.29 is 9.53 Å². The average molecular weight is 215 g/mol. The molecule has 0 atom stereocenters. The van der Waals surface area contributed by atoms with E-state index in [9.17, 15) is 4.79 Å². The molecule has 0 heterocycles. The molecule has 0 fully saturated rings. The smallest absolute Gasteiger partial charge is 0.137 e. The molecule has 0 amide bonds. The van der Waals surface area contributed by atoms with Gasteiger partial charge in [0, 0.05) is 24.9 Å². The van der Waals surface area contributed by atoms with Crippen molar-refractivity contribution in [3.8, 4) is 0 Å². The summed E-state index contributed by atoms with van der Waals surface area (Å²) in [6.45, 7) is 10.4. The zero-order valence-corrected chi connectivity index (χ0v) is 10.7. The monoisotopic (exact) mass is 215 g/mol. The molecule has 0 aromatic rings.